The zero-order chi connectivity index (χ0) is 16.2. The molecule has 0 spiro atoms. The van der Waals surface area contributed by atoms with E-state index in [2.05, 4.69) is 6.08 Å². The van der Waals surface area contributed by atoms with E-state index in [0.717, 1.165) is 23.3 Å². The monoisotopic (exact) mass is 347 g/mol. The molecule has 0 radical (unpaired) electrons. The van der Waals surface area contributed by atoms with E-state index in [9.17, 15) is 4.79 Å². The summed E-state index contributed by atoms with van der Waals surface area (Å²) in [5.74, 6) is 0.840. The topological polar surface area (TPSA) is 38.8 Å². The Morgan fingerprint density at radius 3 is 3.09 bits per heavy atom. The Morgan fingerprint density at radius 2 is 2.26 bits per heavy atom. The third-order valence-electron chi connectivity index (χ3n) is 3.57. The number of thiocarbonyl (C=S) groups is 1. The Hall–Kier alpha value is -1.63. The highest BCUT2D eigenvalue weighted by atomic mass is 32.2. The van der Waals surface area contributed by atoms with Crippen LogP contribution >= 0.6 is 24.0 Å². The van der Waals surface area contributed by atoms with Gasteiger partial charge in [0.25, 0.3) is 5.91 Å². The van der Waals surface area contributed by atoms with Crippen LogP contribution in [0.25, 0.3) is 6.08 Å². The van der Waals surface area contributed by atoms with Gasteiger partial charge in [-0.15, -0.1) is 0 Å². The Morgan fingerprint density at radius 1 is 1.43 bits per heavy atom. The van der Waals surface area contributed by atoms with E-state index in [-0.39, 0.29) is 5.91 Å². The van der Waals surface area contributed by atoms with Crippen molar-refractivity contribution in [3.05, 3.63) is 46.4 Å². The van der Waals surface area contributed by atoms with Gasteiger partial charge in [0.1, 0.15) is 16.7 Å². The van der Waals surface area contributed by atoms with Crippen LogP contribution in [0, 0.1) is 0 Å². The minimum atomic E-state index is -0.0316. The highest BCUT2D eigenvalue weighted by Crippen LogP contribution is 2.33. The average Bonchev–Trinajstić information content (AvgIpc) is 2.82. The number of nitrogens with zero attached hydrogens (tertiary/aromatic N) is 1. The maximum Gasteiger partial charge on any atom is 0.266 e. The lowest BCUT2D eigenvalue weighted by Gasteiger charge is -2.16. The van der Waals surface area contributed by atoms with E-state index >= 15 is 0 Å². The number of methoxy groups -OCH3 is 1. The van der Waals surface area contributed by atoms with Crippen LogP contribution in [0.15, 0.2) is 40.8 Å². The van der Waals surface area contributed by atoms with Crippen LogP contribution in [0.3, 0.4) is 0 Å². The van der Waals surface area contributed by atoms with Gasteiger partial charge in [-0.05, 0) is 30.2 Å². The number of thioether (sulfide) groups is 1. The van der Waals surface area contributed by atoms with Crippen LogP contribution in [-0.4, -0.2) is 42.0 Å². The average molecular weight is 347 g/mol. The number of carbonyl (C=O) groups is 1. The molecule has 120 valence electrons. The number of ether oxygens (including phenoxy) is 2. The van der Waals surface area contributed by atoms with Crippen LogP contribution in [0.1, 0.15) is 12.0 Å². The van der Waals surface area contributed by atoms with Crippen molar-refractivity contribution in [2.45, 2.75) is 6.42 Å². The fraction of sp³-hybridized carbons (Fsp3) is 0.294. The lowest BCUT2D eigenvalue weighted by atomic mass is 10.1. The molecule has 1 aromatic rings. The predicted molar refractivity (Wildman–Crippen MR) is 96.4 cm³/mol. The zero-order valence-electron chi connectivity index (χ0n) is 12.8. The summed E-state index contributed by atoms with van der Waals surface area (Å²) in [4.78, 5) is 14.8. The van der Waals surface area contributed by atoms with Gasteiger partial charge in [0.15, 0.2) is 0 Å². The number of carbonyl (C=O) groups excluding carboxylic acids is 1. The number of benzene rings is 1. The lowest BCUT2D eigenvalue weighted by Crippen LogP contribution is -2.29. The molecular weight excluding hydrogens is 330 g/mol. The van der Waals surface area contributed by atoms with Gasteiger partial charge in [-0.1, -0.05) is 42.2 Å². The van der Waals surface area contributed by atoms with Crippen molar-refractivity contribution in [2.75, 3.05) is 26.9 Å². The van der Waals surface area contributed by atoms with Crippen molar-refractivity contribution >= 4 is 40.3 Å². The van der Waals surface area contributed by atoms with Crippen molar-refractivity contribution < 1.29 is 14.3 Å². The van der Waals surface area contributed by atoms with Crippen molar-refractivity contribution in [1.29, 1.82) is 0 Å². The Kier molecular flexibility index (Phi) is 5.15. The Balaban J connectivity index is 1.75. The molecule has 2 aliphatic heterocycles. The first-order valence-electron chi connectivity index (χ1n) is 7.36. The maximum absolute atomic E-state index is 12.5. The molecule has 1 fully saturated rings. The second-order valence-corrected chi connectivity index (χ2v) is 6.90. The smallest absolute Gasteiger partial charge is 0.266 e. The fourth-order valence-corrected chi connectivity index (χ4v) is 3.77. The molecule has 0 saturated carbocycles. The first-order chi connectivity index (χ1) is 11.2. The standard InChI is InChI=1S/C17H17NO3S2/c1-20-8-4-7-18-16(19)15(23-17(18)22)10-12-9-13-5-2-3-6-14(13)21-11-12/h2-3,5-6,9-10H,4,7-8,11H2,1H3/b15-10-. The van der Waals surface area contributed by atoms with Crippen LogP contribution in [0.4, 0.5) is 0 Å². The third kappa shape index (κ3) is 3.65. The van der Waals surface area contributed by atoms with E-state index in [4.69, 9.17) is 21.7 Å². The molecule has 1 saturated heterocycles. The van der Waals surface area contributed by atoms with Gasteiger partial charge in [-0.2, -0.15) is 0 Å². The number of hydrogen-bond acceptors (Lipinski definition) is 5. The molecule has 2 heterocycles. The molecule has 0 N–H and O–H groups in total. The fourth-order valence-electron chi connectivity index (χ4n) is 2.45. The van der Waals surface area contributed by atoms with Crippen molar-refractivity contribution in [2.24, 2.45) is 0 Å². The molecule has 3 rings (SSSR count). The molecule has 1 amide bonds. The first kappa shape index (κ1) is 16.2. The van der Waals surface area contributed by atoms with Crippen molar-refractivity contribution in [3.8, 4) is 5.75 Å². The quantitative estimate of drug-likeness (QED) is 0.464. The van der Waals surface area contributed by atoms with Crippen molar-refractivity contribution in [1.82, 2.24) is 4.90 Å². The summed E-state index contributed by atoms with van der Waals surface area (Å²) in [6.07, 6.45) is 4.71. The SMILES string of the molecule is COCCCN1C(=O)/C(=C/C2=Cc3ccccc3OC2)SC1=S. The summed E-state index contributed by atoms with van der Waals surface area (Å²) in [7, 11) is 1.65. The van der Waals surface area contributed by atoms with Crippen molar-refractivity contribution in [3.63, 3.8) is 0 Å². The molecule has 0 bridgehead atoms. The van der Waals surface area contributed by atoms with Gasteiger partial charge < -0.3 is 9.47 Å². The highest BCUT2D eigenvalue weighted by molar-refractivity contribution is 8.26. The summed E-state index contributed by atoms with van der Waals surface area (Å²) in [5.41, 5.74) is 2.00. The van der Waals surface area contributed by atoms with Crippen LogP contribution in [-0.2, 0) is 9.53 Å². The molecule has 1 aromatic carbocycles. The molecular formula is C17H17NO3S2. The minimum absolute atomic E-state index is 0.0316. The molecule has 0 aliphatic carbocycles. The number of fused-ring (bicyclic) bond motifs is 1. The largest absolute Gasteiger partial charge is 0.488 e. The van der Waals surface area contributed by atoms with E-state index in [1.54, 1.807) is 12.0 Å². The van der Waals surface area contributed by atoms with E-state index in [1.165, 1.54) is 11.8 Å². The van der Waals surface area contributed by atoms with E-state index in [1.807, 2.05) is 30.3 Å². The Bertz CT molecular complexity index is 697. The number of para-hydroxylation sites is 1. The number of hydrogen-bond donors (Lipinski definition) is 0. The van der Waals surface area contributed by atoms with Crippen LogP contribution in [0.5, 0.6) is 5.75 Å². The van der Waals surface area contributed by atoms with Crippen LogP contribution < -0.4 is 4.74 Å². The van der Waals surface area contributed by atoms with Gasteiger partial charge in [0.2, 0.25) is 0 Å². The summed E-state index contributed by atoms with van der Waals surface area (Å²) in [6.45, 7) is 1.67. The predicted octanol–water partition coefficient (Wildman–Crippen LogP) is 3.24. The molecule has 2 aliphatic rings. The summed E-state index contributed by atoms with van der Waals surface area (Å²) in [5, 5.41) is 0. The lowest BCUT2D eigenvalue weighted by molar-refractivity contribution is -0.122. The molecule has 6 heteroatoms. The molecule has 4 nitrogen and oxygen atoms in total. The second-order valence-electron chi connectivity index (χ2n) is 5.23. The van der Waals surface area contributed by atoms with Gasteiger partial charge in [0.05, 0.1) is 4.91 Å². The van der Waals surface area contributed by atoms with Crippen LogP contribution in [0.2, 0.25) is 0 Å². The third-order valence-corrected chi connectivity index (χ3v) is 4.95. The van der Waals surface area contributed by atoms with E-state index in [0.29, 0.717) is 29.0 Å². The van der Waals surface area contributed by atoms with Gasteiger partial charge >= 0.3 is 0 Å². The summed E-state index contributed by atoms with van der Waals surface area (Å²) >= 11 is 6.66. The van der Waals surface area contributed by atoms with E-state index < -0.39 is 0 Å². The minimum Gasteiger partial charge on any atom is -0.488 e. The molecule has 0 aromatic heterocycles. The summed E-state index contributed by atoms with van der Waals surface area (Å²) < 4.78 is 11.4. The summed E-state index contributed by atoms with van der Waals surface area (Å²) in [6, 6.07) is 7.86. The van der Waals surface area contributed by atoms with Gasteiger partial charge in [-0.3, -0.25) is 9.69 Å². The molecule has 23 heavy (non-hydrogen) atoms. The highest BCUT2D eigenvalue weighted by Gasteiger charge is 2.31. The van der Waals surface area contributed by atoms with Gasteiger partial charge in [0, 0.05) is 25.8 Å². The first-order valence-corrected chi connectivity index (χ1v) is 8.58. The Labute approximate surface area is 145 Å². The normalized spacial score (nSPS) is 18.9. The second kappa shape index (κ2) is 7.29. The molecule has 0 atom stereocenters. The number of amides is 1. The maximum atomic E-state index is 12.5. The zero-order valence-corrected chi connectivity index (χ0v) is 14.4. The van der Waals surface area contributed by atoms with Gasteiger partial charge in [-0.25, -0.2) is 0 Å². The number of rotatable bonds is 5. The molecule has 0 unspecified atom stereocenters.